The maximum atomic E-state index is 10.4. The van der Waals surface area contributed by atoms with E-state index in [-0.39, 0.29) is 11.8 Å². The van der Waals surface area contributed by atoms with Gasteiger partial charge in [0.25, 0.3) is 0 Å². The topological polar surface area (TPSA) is 40.9 Å². The predicted molar refractivity (Wildman–Crippen MR) is 44.8 cm³/mol. The van der Waals surface area contributed by atoms with Crippen molar-refractivity contribution in [3.63, 3.8) is 0 Å². The van der Waals surface area contributed by atoms with E-state index in [0.717, 1.165) is 19.1 Å². The van der Waals surface area contributed by atoms with E-state index in [2.05, 4.69) is 0 Å². The summed E-state index contributed by atoms with van der Waals surface area (Å²) in [5.41, 5.74) is 0.607. The summed E-state index contributed by atoms with van der Waals surface area (Å²) in [6.07, 6.45) is 6.71. The van der Waals surface area contributed by atoms with Gasteiger partial charge in [-0.25, -0.2) is 0 Å². The highest BCUT2D eigenvalue weighted by Gasteiger charge is 2.21. The Morgan fingerprint density at radius 1 is 1.82 bits per heavy atom. The molecule has 0 saturated heterocycles. The number of carbonyl (C=O) groups is 1. The lowest BCUT2D eigenvalue weighted by Gasteiger charge is -2.21. The van der Waals surface area contributed by atoms with Crippen LogP contribution < -0.4 is 0 Å². The van der Waals surface area contributed by atoms with Crippen LogP contribution in [-0.4, -0.2) is 12.0 Å². The Morgan fingerprint density at radius 3 is 3.09 bits per heavy atom. The summed E-state index contributed by atoms with van der Waals surface area (Å²) < 4.78 is 0. The Labute approximate surface area is 66.8 Å². The molecule has 1 rings (SSSR count). The average molecular weight is 151 g/mol. The molecule has 0 amide bonds. The number of hydrogen-bond acceptors (Lipinski definition) is 2. The molecule has 0 bridgehead atoms. The third-order valence-corrected chi connectivity index (χ3v) is 2.19. The molecule has 1 aliphatic rings. The van der Waals surface area contributed by atoms with E-state index in [4.69, 9.17) is 5.41 Å². The molecule has 0 spiro atoms. The number of hydrogen-bond donors (Lipinski definition) is 1. The van der Waals surface area contributed by atoms with Gasteiger partial charge in [0.15, 0.2) is 0 Å². The second kappa shape index (κ2) is 3.46. The first-order chi connectivity index (χ1) is 5.25. The molecule has 1 aliphatic carbocycles. The summed E-state index contributed by atoms with van der Waals surface area (Å²) in [5, 5.41) is 7.53. The van der Waals surface area contributed by atoms with E-state index in [1.54, 1.807) is 0 Å². The van der Waals surface area contributed by atoms with Crippen molar-refractivity contribution in [2.45, 2.75) is 19.8 Å². The molecule has 0 aromatic carbocycles. The fraction of sp³-hybridized carbons (Fsp3) is 0.556. The molecule has 0 saturated carbocycles. The third kappa shape index (κ3) is 1.76. The minimum absolute atomic E-state index is 0.00690. The number of nitrogens with one attached hydrogen (secondary N) is 1. The van der Waals surface area contributed by atoms with Gasteiger partial charge in [0, 0.05) is 17.5 Å². The standard InChI is InChI=1S/C9H13NO/c1-7(6-11)8-4-2-3-5-9(8)10/h3,5-8,10H,2,4H2,1H3. The van der Waals surface area contributed by atoms with Crippen molar-refractivity contribution in [3.8, 4) is 0 Å². The SMILES string of the molecule is CC(C=O)C1CCC=CC1=N. The van der Waals surface area contributed by atoms with Gasteiger partial charge in [0.2, 0.25) is 0 Å². The molecular formula is C9H13NO. The molecule has 2 atom stereocenters. The Morgan fingerprint density at radius 2 is 2.55 bits per heavy atom. The van der Waals surface area contributed by atoms with Crippen molar-refractivity contribution in [2.24, 2.45) is 11.8 Å². The molecule has 0 radical (unpaired) electrons. The fourth-order valence-electron chi connectivity index (χ4n) is 1.41. The molecule has 2 unspecified atom stereocenters. The number of rotatable bonds is 2. The van der Waals surface area contributed by atoms with Crippen LogP contribution in [0, 0.1) is 17.2 Å². The van der Waals surface area contributed by atoms with Gasteiger partial charge in [0.05, 0.1) is 0 Å². The third-order valence-electron chi connectivity index (χ3n) is 2.19. The highest BCUT2D eigenvalue weighted by molar-refractivity contribution is 5.96. The second-order valence-corrected chi connectivity index (χ2v) is 3.04. The van der Waals surface area contributed by atoms with E-state index in [1.165, 1.54) is 0 Å². The van der Waals surface area contributed by atoms with Crippen LogP contribution in [0.2, 0.25) is 0 Å². The van der Waals surface area contributed by atoms with Gasteiger partial charge in [-0.15, -0.1) is 0 Å². The highest BCUT2D eigenvalue weighted by atomic mass is 16.1. The van der Waals surface area contributed by atoms with Gasteiger partial charge in [0.1, 0.15) is 6.29 Å². The quantitative estimate of drug-likeness (QED) is 0.601. The molecule has 0 aromatic heterocycles. The summed E-state index contributed by atoms with van der Waals surface area (Å²) in [4.78, 5) is 10.4. The number of allylic oxidation sites excluding steroid dienone is 2. The van der Waals surface area contributed by atoms with Gasteiger partial charge in [-0.05, 0) is 18.9 Å². The minimum atomic E-state index is 0.00690. The smallest absolute Gasteiger partial charge is 0.123 e. The summed E-state index contributed by atoms with van der Waals surface area (Å²) >= 11 is 0. The molecular weight excluding hydrogens is 138 g/mol. The molecule has 0 aliphatic heterocycles. The Hall–Kier alpha value is -0.920. The van der Waals surface area contributed by atoms with Gasteiger partial charge >= 0.3 is 0 Å². The van der Waals surface area contributed by atoms with Crippen molar-refractivity contribution in [2.75, 3.05) is 0 Å². The number of aldehydes is 1. The summed E-state index contributed by atoms with van der Waals surface area (Å²) in [6.45, 7) is 1.88. The molecule has 2 heteroatoms. The average Bonchev–Trinajstić information content (AvgIpc) is 2.04. The summed E-state index contributed by atoms with van der Waals surface area (Å²) in [7, 11) is 0. The Balaban J connectivity index is 2.64. The van der Waals surface area contributed by atoms with Crippen molar-refractivity contribution >= 4 is 12.0 Å². The van der Waals surface area contributed by atoms with Crippen LogP contribution >= 0.6 is 0 Å². The summed E-state index contributed by atoms with van der Waals surface area (Å²) in [6, 6.07) is 0. The van der Waals surface area contributed by atoms with Crippen molar-refractivity contribution in [1.29, 1.82) is 5.41 Å². The largest absolute Gasteiger partial charge is 0.305 e. The highest BCUT2D eigenvalue weighted by Crippen LogP contribution is 2.21. The van der Waals surface area contributed by atoms with E-state index in [9.17, 15) is 4.79 Å². The zero-order valence-electron chi connectivity index (χ0n) is 6.71. The lowest BCUT2D eigenvalue weighted by molar-refractivity contribution is -0.111. The Kier molecular flexibility index (Phi) is 2.58. The number of carbonyl (C=O) groups excluding carboxylic acids is 1. The zero-order chi connectivity index (χ0) is 8.27. The fourth-order valence-corrected chi connectivity index (χ4v) is 1.41. The van der Waals surface area contributed by atoms with Crippen LogP contribution in [0.5, 0.6) is 0 Å². The first kappa shape index (κ1) is 8.18. The first-order valence-electron chi connectivity index (χ1n) is 3.96. The van der Waals surface area contributed by atoms with Crippen molar-refractivity contribution in [3.05, 3.63) is 12.2 Å². The summed E-state index contributed by atoms with van der Waals surface area (Å²) in [5.74, 6) is 0.171. The van der Waals surface area contributed by atoms with Gasteiger partial charge in [-0.3, -0.25) is 0 Å². The maximum absolute atomic E-state index is 10.4. The molecule has 11 heavy (non-hydrogen) atoms. The van der Waals surface area contributed by atoms with Gasteiger partial charge < -0.3 is 10.2 Å². The van der Waals surface area contributed by atoms with Crippen LogP contribution in [0.15, 0.2) is 12.2 Å². The van der Waals surface area contributed by atoms with Crippen LogP contribution in [-0.2, 0) is 4.79 Å². The first-order valence-corrected chi connectivity index (χ1v) is 3.96. The molecule has 2 nitrogen and oxygen atoms in total. The second-order valence-electron chi connectivity index (χ2n) is 3.04. The molecule has 0 aromatic rings. The van der Waals surface area contributed by atoms with Crippen molar-refractivity contribution < 1.29 is 4.79 Å². The van der Waals surface area contributed by atoms with E-state index < -0.39 is 0 Å². The van der Waals surface area contributed by atoms with Gasteiger partial charge in [-0.2, -0.15) is 0 Å². The van der Waals surface area contributed by atoms with E-state index >= 15 is 0 Å². The van der Waals surface area contributed by atoms with Crippen LogP contribution in [0.25, 0.3) is 0 Å². The Bertz CT molecular complexity index is 196. The minimum Gasteiger partial charge on any atom is -0.305 e. The van der Waals surface area contributed by atoms with E-state index in [0.29, 0.717) is 5.71 Å². The predicted octanol–water partition coefficient (Wildman–Crippen LogP) is 1.81. The molecule has 0 heterocycles. The van der Waals surface area contributed by atoms with Crippen LogP contribution in [0.4, 0.5) is 0 Å². The monoisotopic (exact) mass is 151 g/mol. The maximum Gasteiger partial charge on any atom is 0.123 e. The normalized spacial score (nSPS) is 26.6. The lowest BCUT2D eigenvalue weighted by atomic mass is 9.83. The van der Waals surface area contributed by atoms with Crippen molar-refractivity contribution in [1.82, 2.24) is 0 Å². The molecule has 1 N–H and O–H groups in total. The molecule has 0 fully saturated rings. The molecule has 60 valence electrons. The zero-order valence-corrected chi connectivity index (χ0v) is 6.71. The lowest BCUT2D eigenvalue weighted by Crippen LogP contribution is -2.22. The van der Waals surface area contributed by atoms with Gasteiger partial charge in [-0.1, -0.05) is 13.0 Å². The van der Waals surface area contributed by atoms with Crippen LogP contribution in [0.1, 0.15) is 19.8 Å². The van der Waals surface area contributed by atoms with Crippen LogP contribution in [0.3, 0.4) is 0 Å². The van der Waals surface area contributed by atoms with E-state index in [1.807, 2.05) is 19.1 Å².